The van der Waals surface area contributed by atoms with Gasteiger partial charge in [0.2, 0.25) is 0 Å². The van der Waals surface area contributed by atoms with Gasteiger partial charge < -0.3 is 9.84 Å². The Morgan fingerprint density at radius 3 is 2.63 bits per heavy atom. The average Bonchev–Trinajstić information content (AvgIpc) is 2.84. The van der Waals surface area contributed by atoms with E-state index in [2.05, 4.69) is 10.5 Å². The van der Waals surface area contributed by atoms with Gasteiger partial charge in [0.15, 0.2) is 5.69 Å². The second kappa shape index (κ2) is 5.89. The van der Waals surface area contributed by atoms with Crippen LogP contribution in [0, 0.1) is 6.92 Å². The summed E-state index contributed by atoms with van der Waals surface area (Å²) >= 11 is 5.85. The molecule has 1 amide bonds. The number of aryl methyl sites for hydroxylation is 1. The summed E-state index contributed by atoms with van der Waals surface area (Å²) < 4.78 is 4.89. The zero-order chi connectivity index (χ0) is 13.8. The molecule has 2 aromatic rings. The first-order valence-corrected chi connectivity index (χ1v) is 6.47. The minimum atomic E-state index is -0.237. The van der Waals surface area contributed by atoms with Crippen molar-refractivity contribution in [3.63, 3.8) is 0 Å². The highest BCUT2D eigenvalue weighted by atomic mass is 35.5. The quantitative estimate of drug-likeness (QED) is 0.931. The fraction of sp³-hybridized carbons (Fsp3) is 0.286. The molecular weight excluding hydrogens is 264 g/mol. The maximum absolute atomic E-state index is 12.0. The summed E-state index contributed by atoms with van der Waals surface area (Å²) in [6.07, 6.45) is 0.782. The molecule has 0 radical (unpaired) electrons. The van der Waals surface area contributed by atoms with Gasteiger partial charge in [0, 0.05) is 11.1 Å². The highest BCUT2D eigenvalue weighted by Gasteiger charge is 2.16. The molecule has 0 aliphatic heterocycles. The topological polar surface area (TPSA) is 55.1 Å². The van der Waals surface area contributed by atoms with E-state index in [9.17, 15) is 4.79 Å². The van der Waals surface area contributed by atoms with Crippen molar-refractivity contribution in [2.24, 2.45) is 0 Å². The van der Waals surface area contributed by atoms with Crippen LogP contribution in [-0.4, -0.2) is 11.1 Å². The molecule has 2 rings (SSSR count). The minimum Gasteiger partial charge on any atom is -0.361 e. The lowest BCUT2D eigenvalue weighted by molar-refractivity contribution is 0.0926. The number of hydrogen-bond donors (Lipinski definition) is 1. The second-order valence-corrected chi connectivity index (χ2v) is 4.75. The molecule has 4 nitrogen and oxygen atoms in total. The zero-order valence-electron chi connectivity index (χ0n) is 10.8. The van der Waals surface area contributed by atoms with Crippen molar-refractivity contribution in [1.29, 1.82) is 0 Å². The smallest absolute Gasteiger partial charge is 0.273 e. The highest BCUT2D eigenvalue weighted by Crippen LogP contribution is 2.19. The normalized spacial score (nSPS) is 12.2. The largest absolute Gasteiger partial charge is 0.361 e. The van der Waals surface area contributed by atoms with Crippen LogP contribution in [0.2, 0.25) is 5.02 Å². The number of nitrogens with one attached hydrogen (secondary N) is 1. The van der Waals surface area contributed by atoms with E-state index >= 15 is 0 Å². The van der Waals surface area contributed by atoms with Gasteiger partial charge in [-0.2, -0.15) is 0 Å². The van der Waals surface area contributed by atoms with Crippen molar-refractivity contribution in [2.75, 3.05) is 0 Å². The van der Waals surface area contributed by atoms with E-state index in [1.807, 2.05) is 31.2 Å². The monoisotopic (exact) mass is 278 g/mol. The fourth-order valence-corrected chi connectivity index (χ4v) is 1.95. The number of hydrogen-bond acceptors (Lipinski definition) is 3. The third-order valence-electron chi connectivity index (χ3n) is 2.85. The lowest BCUT2D eigenvalue weighted by Gasteiger charge is -2.16. The Balaban J connectivity index is 2.11. The minimum absolute atomic E-state index is 0.0678. The second-order valence-electron chi connectivity index (χ2n) is 4.31. The molecule has 0 aliphatic carbocycles. The summed E-state index contributed by atoms with van der Waals surface area (Å²) in [4.78, 5) is 12.0. The molecule has 100 valence electrons. The Kier molecular flexibility index (Phi) is 4.22. The van der Waals surface area contributed by atoms with Crippen LogP contribution >= 0.6 is 11.6 Å². The fourth-order valence-electron chi connectivity index (χ4n) is 1.82. The van der Waals surface area contributed by atoms with Crippen molar-refractivity contribution in [3.05, 3.63) is 52.4 Å². The van der Waals surface area contributed by atoms with Gasteiger partial charge in [0.1, 0.15) is 5.76 Å². The van der Waals surface area contributed by atoms with Crippen LogP contribution < -0.4 is 5.32 Å². The number of benzene rings is 1. The first kappa shape index (κ1) is 13.6. The van der Waals surface area contributed by atoms with Gasteiger partial charge >= 0.3 is 0 Å². The number of nitrogens with zero attached hydrogens (tertiary/aromatic N) is 1. The Morgan fingerprint density at radius 1 is 1.42 bits per heavy atom. The molecule has 0 spiro atoms. The summed E-state index contributed by atoms with van der Waals surface area (Å²) in [5.74, 6) is 0.378. The highest BCUT2D eigenvalue weighted by molar-refractivity contribution is 6.30. The van der Waals surface area contributed by atoms with Crippen LogP contribution in [0.1, 0.15) is 41.2 Å². The summed E-state index contributed by atoms with van der Waals surface area (Å²) in [5.41, 5.74) is 1.31. The first-order chi connectivity index (χ1) is 9.10. The SMILES string of the molecule is CCC(NC(=O)c1cc(C)on1)c1ccc(Cl)cc1. The molecule has 0 fully saturated rings. The van der Waals surface area contributed by atoms with Crippen LogP contribution in [-0.2, 0) is 0 Å². The first-order valence-electron chi connectivity index (χ1n) is 6.09. The standard InChI is InChI=1S/C14H15ClN2O2/c1-3-12(10-4-6-11(15)7-5-10)16-14(18)13-8-9(2)19-17-13/h4-8,12H,3H2,1-2H3,(H,16,18). The molecule has 0 saturated heterocycles. The van der Waals surface area contributed by atoms with Gasteiger partial charge in [-0.3, -0.25) is 4.79 Å². The Morgan fingerprint density at radius 2 is 2.11 bits per heavy atom. The Bertz CT molecular complexity index is 563. The predicted molar refractivity (Wildman–Crippen MR) is 73.2 cm³/mol. The van der Waals surface area contributed by atoms with E-state index in [1.165, 1.54) is 0 Å². The van der Waals surface area contributed by atoms with E-state index < -0.39 is 0 Å². The molecule has 0 aliphatic rings. The number of amides is 1. The van der Waals surface area contributed by atoms with Gasteiger partial charge in [-0.15, -0.1) is 0 Å². The van der Waals surface area contributed by atoms with E-state index in [-0.39, 0.29) is 11.9 Å². The van der Waals surface area contributed by atoms with Crippen molar-refractivity contribution in [2.45, 2.75) is 26.3 Å². The molecule has 1 aromatic heterocycles. The summed E-state index contributed by atoms with van der Waals surface area (Å²) in [5, 5.41) is 7.31. The van der Waals surface area contributed by atoms with E-state index in [0.29, 0.717) is 16.5 Å². The van der Waals surface area contributed by atoms with Crippen LogP contribution in [0.3, 0.4) is 0 Å². The molecule has 1 unspecified atom stereocenters. The lowest BCUT2D eigenvalue weighted by Crippen LogP contribution is -2.28. The Labute approximate surface area is 116 Å². The summed E-state index contributed by atoms with van der Waals surface area (Å²) in [6.45, 7) is 3.76. The number of rotatable bonds is 4. The van der Waals surface area contributed by atoms with Gasteiger partial charge in [0.05, 0.1) is 6.04 Å². The maximum Gasteiger partial charge on any atom is 0.273 e. The van der Waals surface area contributed by atoms with Crippen molar-refractivity contribution in [3.8, 4) is 0 Å². The van der Waals surface area contributed by atoms with Crippen molar-refractivity contribution in [1.82, 2.24) is 10.5 Å². The molecule has 0 bridgehead atoms. The van der Waals surface area contributed by atoms with Gasteiger partial charge in [-0.1, -0.05) is 35.8 Å². The van der Waals surface area contributed by atoms with Crippen LogP contribution in [0.5, 0.6) is 0 Å². The number of aromatic nitrogens is 1. The third kappa shape index (κ3) is 3.35. The van der Waals surface area contributed by atoms with E-state index in [1.54, 1.807) is 13.0 Å². The molecule has 0 saturated carbocycles. The van der Waals surface area contributed by atoms with Crippen LogP contribution in [0.15, 0.2) is 34.9 Å². The maximum atomic E-state index is 12.0. The van der Waals surface area contributed by atoms with Crippen molar-refractivity contribution >= 4 is 17.5 Å². The van der Waals surface area contributed by atoms with E-state index in [4.69, 9.17) is 16.1 Å². The molecular formula is C14H15ClN2O2. The zero-order valence-corrected chi connectivity index (χ0v) is 11.6. The number of carbonyl (C=O) groups excluding carboxylic acids is 1. The molecule has 19 heavy (non-hydrogen) atoms. The Hall–Kier alpha value is -1.81. The molecule has 1 atom stereocenters. The summed E-state index contributed by atoms with van der Waals surface area (Å²) in [6, 6.07) is 8.99. The van der Waals surface area contributed by atoms with E-state index in [0.717, 1.165) is 12.0 Å². The van der Waals surface area contributed by atoms with Gasteiger partial charge in [0.25, 0.3) is 5.91 Å². The number of carbonyl (C=O) groups is 1. The van der Waals surface area contributed by atoms with Crippen LogP contribution in [0.4, 0.5) is 0 Å². The van der Waals surface area contributed by atoms with Gasteiger partial charge in [-0.25, -0.2) is 0 Å². The molecule has 1 heterocycles. The molecule has 5 heteroatoms. The van der Waals surface area contributed by atoms with Crippen molar-refractivity contribution < 1.29 is 9.32 Å². The van der Waals surface area contributed by atoms with Crippen LogP contribution in [0.25, 0.3) is 0 Å². The number of halogens is 1. The predicted octanol–water partition coefficient (Wildman–Crippen LogP) is 3.52. The molecule has 1 aromatic carbocycles. The van der Waals surface area contributed by atoms with Gasteiger partial charge in [-0.05, 0) is 31.0 Å². The third-order valence-corrected chi connectivity index (χ3v) is 3.10. The lowest BCUT2D eigenvalue weighted by atomic mass is 10.0. The molecule has 1 N–H and O–H groups in total. The summed E-state index contributed by atoms with van der Waals surface area (Å²) in [7, 11) is 0. The average molecular weight is 279 g/mol.